The van der Waals surface area contributed by atoms with Crippen LogP contribution in [0.3, 0.4) is 0 Å². The number of rotatable bonds is 3. The summed E-state index contributed by atoms with van der Waals surface area (Å²) in [5.41, 5.74) is 5.62. The fourth-order valence-electron chi connectivity index (χ4n) is 4.99. The van der Waals surface area contributed by atoms with Gasteiger partial charge in [-0.15, -0.1) is 0 Å². The summed E-state index contributed by atoms with van der Waals surface area (Å²) < 4.78 is 2.03. The molecular weight excluding hydrogens is 334 g/mol. The van der Waals surface area contributed by atoms with Crippen molar-refractivity contribution in [2.75, 3.05) is 46.8 Å². The lowest BCUT2D eigenvalue weighted by Gasteiger charge is -2.53. The molecule has 146 valence electrons. The highest BCUT2D eigenvalue weighted by atomic mass is 15.3. The van der Waals surface area contributed by atoms with Crippen molar-refractivity contribution in [1.29, 1.82) is 0 Å². The van der Waals surface area contributed by atoms with E-state index in [9.17, 15) is 0 Å². The Morgan fingerprint density at radius 1 is 1.04 bits per heavy atom. The molecule has 2 aromatic rings. The van der Waals surface area contributed by atoms with E-state index in [-0.39, 0.29) is 0 Å². The lowest BCUT2D eigenvalue weighted by molar-refractivity contribution is -0.0258. The van der Waals surface area contributed by atoms with Gasteiger partial charge in [-0.3, -0.25) is 9.80 Å². The number of aryl methyl sites for hydroxylation is 2. The van der Waals surface area contributed by atoms with Crippen LogP contribution in [0.25, 0.3) is 5.69 Å². The van der Waals surface area contributed by atoms with Crippen LogP contribution >= 0.6 is 0 Å². The molecular formula is C22H33N5. The van der Waals surface area contributed by atoms with Gasteiger partial charge < -0.3 is 4.90 Å². The van der Waals surface area contributed by atoms with Gasteiger partial charge in [-0.2, -0.15) is 5.10 Å². The van der Waals surface area contributed by atoms with Crippen LogP contribution in [0.5, 0.6) is 0 Å². The third-order valence-electron chi connectivity index (χ3n) is 6.65. The molecule has 0 aliphatic carbocycles. The fraction of sp³-hybridized carbons (Fsp3) is 0.591. The first-order chi connectivity index (χ1) is 13.0. The Bertz CT molecular complexity index is 774. The van der Waals surface area contributed by atoms with Crippen LogP contribution in [-0.4, -0.2) is 76.8 Å². The van der Waals surface area contributed by atoms with E-state index in [1.165, 1.54) is 54.9 Å². The molecule has 2 aliphatic rings. The van der Waals surface area contributed by atoms with E-state index in [0.717, 1.165) is 19.6 Å². The van der Waals surface area contributed by atoms with Crippen molar-refractivity contribution in [2.24, 2.45) is 0 Å². The highest BCUT2D eigenvalue weighted by molar-refractivity contribution is 5.49. The summed E-state index contributed by atoms with van der Waals surface area (Å²) in [4.78, 5) is 7.77. The summed E-state index contributed by atoms with van der Waals surface area (Å²) in [7, 11) is 4.58. The zero-order chi connectivity index (χ0) is 19.0. The van der Waals surface area contributed by atoms with Gasteiger partial charge in [0.1, 0.15) is 0 Å². The fourth-order valence-corrected chi connectivity index (χ4v) is 4.99. The third kappa shape index (κ3) is 3.68. The van der Waals surface area contributed by atoms with Crippen molar-refractivity contribution >= 4 is 0 Å². The van der Waals surface area contributed by atoms with Gasteiger partial charge in [0, 0.05) is 44.1 Å². The number of benzene rings is 1. The lowest BCUT2D eigenvalue weighted by Crippen LogP contribution is -2.63. The first kappa shape index (κ1) is 18.7. The Labute approximate surface area is 163 Å². The van der Waals surface area contributed by atoms with Gasteiger partial charge in [0.25, 0.3) is 0 Å². The Kier molecular flexibility index (Phi) is 5.10. The zero-order valence-electron chi connectivity index (χ0n) is 17.3. The van der Waals surface area contributed by atoms with Crippen molar-refractivity contribution in [1.82, 2.24) is 24.5 Å². The minimum atomic E-state index is 0.343. The van der Waals surface area contributed by atoms with Crippen LogP contribution in [0.15, 0.2) is 30.6 Å². The van der Waals surface area contributed by atoms with E-state index in [2.05, 4.69) is 66.1 Å². The van der Waals surface area contributed by atoms with Gasteiger partial charge >= 0.3 is 0 Å². The molecule has 3 heterocycles. The average molecular weight is 368 g/mol. The molecule has 2 fully saturated rings. The maximum Gasteiger partial charge on any atom is 0.0719 e. The van der Waals surface area contributed by atoms with Crippen LogP contribution in [0.2, 0.25) is 0 Å². The maximum absolute atomic E-state index is 4.52. The van der Waals surface area contributed by atoms with Crippen molar-refractivity contribution in [2.45, 2.75) is 38.8 Å². The molecule has 0 amide bonds. The van der Waals surface area contributed by atoms with Crippen molar-refractivity contribution in [3.05, 3.63) is 47.3 Å². The number of piperazine rings is 1. The second-order valence-electron chi connectivity index (χ2n) is 8.70. The third-order valence-corrected chi connectivity index (χ3v) is 6.65. The molecule has 0 saturated carbocycles. The summed E-state index contributed by atoms with van der Waals surface area (Å²) in [5, 5.41) is 4.52. The average Bonchev–Trinajstić information content (AvgIpc) is 3.14. The standard InChI is InChI=1S/C22H33N5/c1-18-14-19(2)21(27-9-5-8-23-27)20(15-18)16-26-13-12-25(4)22(17-26)6-10-24(3)11-7-22/h5,8-9,14-15H,6-7,10-13,16-17H2,1-4H3. The number of likely N-dealkylation sites (tertiary alicyclic amines) is 1. The molecule has 4 rings (SSSR count). The molecule has 1 aromatic carbocycles. The summed E-state index contributed by atoms with van der Waals surface area (Å²) >= 11 is 0. The molecule has 27 heavy (non-hydrogen) atoms. The number of aromatic nitrogens is 2. The largest absolute Gasteiger partial charge is 0.306 e. The highest BCUT2D eigenvalue weighted by Gasteiger charge is 2.41. The van der Waals surface area contributed by atoms with E-state index < -0.39 is 0 Å². The topological polar surface area (TPSA) is 27.5 Å². The summed E-state index contributed by atoms with van der Waals surface area (Å²) in [6.07, 6.45) is 6.47. The van der Waals surface area contributed by atoms with Crippen LogP contribution < -0.4 is 0 Å². The molecule has 2 aliphatic heterocycles. The number of likely N-dealkylation sites (N-methyl/N-ethyl adjacent to an activating group) is 1. The first-order valence-electron chi connectivity index (χ1n) is 10.2. The quantitative estimate of drug-likeness (QED) is 0.834. The minimum absolute atomic E-state index is 0.343. The van der Waals surface area contributed by atoms with Crippen molar-refractivity contribution in [3.8, 4) is 5.69 Å². The van der Waals surface area contributed by atoms with Crippen molar-refractivity contribution in [3.63, 3.8) is 0 Å². The van der Waals surface area contributed by atoms with Gasteiger partial charge in [0.2, 0.25) is 0 Å². The predicted molar refractivity (Wildman–Crippen MR) is 110 cm³/mol. The van der Waals surface area contributed by atoms with Gasteiger partial charge in [-0.1, -0.05) is 17.7 Å². The molecule has 0 N–H and O–H groups in total. The maximum atomic E-state index is 4.52. The highest BCUT2D eigenvalue weighted by Crippen LogP contribution is 2.32. The van der Waals surface area contributed by atoms with Gasteiger partial charge in [0.15, 0.2) is 0 Å². The smallest absolute Gasteiger partial charge is 0.0719 e. The molecule has 5 nitrogen and oxygen atoms in total. The monoisotopic (exact) mass is 367 g/mol. The molecule has 1 spiro atoms. The lowest BCUT2D eigenvalue weighted by atomic mass is 9.83. The van der Waals surface area contributed by atoms with Gasteiger partial charge in [-0.25, -0.2) is 4.68 Å². The van der Waals surface area contributed by atoms with Crippen LogP contribution in [0.4, 0.5) is 0 Å². The predicted octanol–water partition coefficient (Wildman–Crippen LogP) is 2.70. The Morgan fingerprint density at radius 3 is 2.52 bits per heavy atom. The number of hydrogen-bond donors (Lipinski definition) is 0. The van der Waals surface area contributed by atoms with E-state index in [4.69, 9.17) is 0 Å². The second-order valence-corrected chi connectivity index (χ2v) is 8.70. The van der Waals surface area contributed by atoms with Crippen LogP contribution in [0, 0.1) is 13.8 Å². The van der Waals surface area contributed by atoms with Crippen molar-refractivity contribution < 1.29 is 0 Å². The van der Waals surface area contributed by atoms with E-state index in [1.54, 1.807) is 0 Å². The number of piperidine rings is 1. The number of hydrogen-bond acceptors (Lipinski definition) is 4. The van der Waals surface area contributed by atoms with Gasteiger partial charge in [0.05, 0.1) is 5.69 Å². The molecule has 0 bridgehead atoms. The Morgan fingerprint density at radius 2 is 1.81 bits per heavy atom. The van der Waals surface area contributed by atoms with Crippen LogP contribution in [-0.2, 0) is 6.54 Å². The summed E-state index contributed by atoms with van der Waals surface area (Å²) in [6.45, 7) is 11.3. The molecule has 0 atom stereocenters. The SMILES string of the molecule is Cc1cc(C)c(-n2cccn2)c(CN2CCN(C)C3(CCN(C)CC3)C2)c1. The summed E-state index contributed by atoms with van der Waals surface area (Å²) in [6, 6.07) is 6.62. The molecule has 1 aromatic heterocycles. The van der Waals surface area contributed by atoms with Crippen LogP contribution in [0.1, 0.15) is 29.5 Å². The normalized spacial score (nSPS) is 21.8. The van der Waals surface area contributed by atoms with E-state index in [0.29, 0.717) is 5.54 Å². The second kappa shape index (κ2) is 7.38. The van der Waals surface area contributed by atoms with Gasteiger partial charge in [-0.05, 0) is 71.1 Å². The zero-order valence-corrected chi connectivity index (χ0v) is 17.3. The van der Waals surface area contributed by atoms with E-state index in [1.807, 2.05) is 16.9 Å². The summed E-state index contributed by atoms with van der Waals surface area (Å²) in [5.74, 6) is 0. The molecule has 0 unspecified atom stereocenters. The Balaban J connectivity index is 1.59. The molecule has 0 radical (unpaired) electrons. The first-order valence-corrected chi connectivity index (χ1v) is 10.2. The molecule has 5 heteroatoms. The van der Waals surface area contributed by atoms with E-state index >= 15 is 0 Å². The molecule has 2 saturated heterocycles. The number of nitrogens with zero attached hydrogens (tertiary/aromatic N) is 5. The minimum Gasteiger partial charge on any atom is -0.306 e. The Hall–Kier alpha value is -1.69.